The predicted molar refractivity (Wildman–Crippen MR) is 118 cm³/mol. The van der Waals surface area contributed by atoms with Gasteiger partial charge in [-0.2, -0.15) is 0 Å². The second-order valence-electron chi connectivity index (χ2n) is 6.43. The second kappa shape index (κ2) is 8.59. The molecule has 0 aliphatic carbocycles. The van der Waals surface area contributed by atoms with E-state index >= 15 is 0 Å². The van der Waals surface area contributed by atoms with Gasteiger partial charge in [0.1, 0.15) is 0 Å². The van der Waals surface area contributed by atoms with Gasteiger partial charge in [-0.1, -0.05) is 59.8 Å². The lowest BCUT2D eigenvalue weighted by molar-refractivity contribution is -0.115. The van der Waals surface area contributed by atoms with Gasteiger partial charge in [-0.3, -0.25) is 9.36 Å². The summed E-state index contributed by atoms with van der Waals surface area (Å²) in [5.74, 6) is 0.621. The second-order valence-corrected chi connectivity index (χ2v) is 8.63. The summed E-state index contributed by atoms with van der Waals surface area (Å²) in [5, 5.41) is 14.4. The van der Waals surface area contributed by atoms with Crippen LogP contribution < -0.4 is 5.32 Å². The fourth-order valence-electron chi connectivity index (χ4n) is 2.75. The van der Waals surface area contributed by atoms with E-state index in [1.165, 1.54) is 28.7 Å². The third kappa shape index (κ3) is 4.38. The van der Waals surface area contributed by atoms with Gasteiger partial charge in [-0.15, -0.1) is 21.5 Å². The zero-order chi connectivity index (χ0) is 20.2. The van der Waals surface area contributed by atoms with Crippen LogP contribution in [0.2, 0.25) is 0 Å². The van der Waals surface area contributed by atoms with Crippen molar-refractivity contribution in [2.75, 3.05) is 5.32 Å². The lowest BCUT2D eigenvalue weighted by Gasteiger charge is -2.13. The van der Waals surface area contributed by atoms with E-state index in [0.29, 0.717) is 10.3 Å². The Hall–Kier alpha value is -2.97. The molecule has 4 aromatic rings. The molecule has 1 unspecified atom stereocenters. The van der Waals surface area contributed by atoms with Gasteiger partial charge in [-0.05, 0) is 26.0 Å². The van der Waals surface area contributed by atoms with Crippen molar-refractivity contribution in [2.45, 2.75) is 24.3 Å². The highest BCUT2D eigenvalue weighted by molar-refractivity contribution is 8.00. The fourth-order valence-corrected chi connectivity index (χ4v) is 4.15. The van der Waals surface area contributed by atoms with E-state index in [4.69, 9.17) is 0 Å². The molecular formula is C21H19N5OS2. The van der Waals surface area contributed by atoms with Gasteiger partial charge in [0, 0.05) is 22.8 Å². The van der Waals surface area contributed by atoms with Gasteiger partial charge in [0.2, 0.25) is 5.91 Å². The molecule has 29 heavy (non-hydrogen) atoms. The summed E-state index contributed by atoms with van der Waals surface area (Å²) in [6.07, 6.45) is 1.66. The smallest absolute Gasteiger partial charge is 0.239 e. The predicted octanol–water partition coefficient (Wildman–Crippen LogP) is 4.82. The molecule has 0 spiro atoms. The monoisotopic (exact) mass is 421 g/mol. The van der Waals surface area contributed by atoms with Crippen molar-refractivity contribution in [2.24, 2.45) is 0 Å². The van der Waals surface area contributed by atoms with E-state index in [1.807, 2.05) is 59.3 Å². The summed E-state index contributed by atoms with van der Waals surface area (Å²) < 4.78 is 1.99. The normalized spacial score (nSPS) is 11.9. The maximum Gasteiger partial charge on any atom is 0.239 e. The summed E-state index contributed by atoms with van der Waals surface area (Å²) in [7, 11) is 0. The largest absolute Gasteiger partial charge is 0.301 e. The topological polar surface area (TPSA) is 72.7 Å². The lowest BCUT2D eigenvalue weighted by Crippen LogP contribution is -2.22. The van der Waals surface area contributed by atoms with Crippen molar-refractivity contribution in [1.82, 2.24) is 19.7 Å². The summed E-state index contributed by atoms with van der Waals surface area (Å²) in [5.41, 5.74) is 3.10. The number of nitrogens with zero attached hydrogens (tertiary/aromatic N) is 4. The number of aryl methyl sites for hydroxylation is 1. The van der Waals surface area contributed by atoms with Crippen LogP contribution in [0.3, 0.4) is 0 Å². The van der Waals surface area contributed by atoms with Gasteiger partial charge in [0.05, 0.1) is 5.25 Å². The third-order valence-corrected chi connectivity index (χ3v) is 6.00. The van der Waals surface area contributed by atoms with Crippen LogP contribution in [0.5, 0.6) is 0 Å². The first kappa shape index (κ1) is 19.4. The molecule has 8 heteroatoms. The Balaban J connectivity index is 1.66. The number of amides is 1. The number of thiazole rings is 1. The first-order valence-electron chi connectivity index (χ1n) is 9.07. The molecular weight excluding hydrogens is 402 g/mol. The number of hydrogen-bond donors (Lipinski definition) is 1. The number of carbonyl (C=O) groups excluding carboxylic acids is 1. The van der Waals surface area contributed by atoms with Crippen LogP contribution in [-0.2, 0) is 4.79 Å². The highest BCUT2D eigenvalue weighted by atomic mass is 32.2. The number of nitrogens with one attached hydrogen (secondary N) is 1. The molecule has 1 N–H and O–H groups in total. The van der Waals surface area contributed by atoms with Crippen LogP contribution in [-0.4, -0.2) is 30.9 Å². The van der Waals surface area contributed by atoms with Crippen molar-refractivity contribution >= 4 is 34.1 Å². The Labute approximate surface area is 177 Å². The molecule has 0 aliphatic rings. The molecule has 0 aliphatic heterocycles. The SMILES string of the molecule is Cc1ccc(-c2nnc(SC(C)C(=O)Nc3nccs3)n2-c2ccccc2)cc1. The van der Waals surface area contributed by atoms with E-state index in [0.717, 1.165) is 17.1 Å². The molecule has 0 bridgehead atoms. The minimum Gasteiger partial charge on any atom is -0.301 e. The van der Waals surface area contributed by atoms with Crippen molar-refractivity contribution in [3.05, 3.63) is 71.7 Å². The number of anilines is 1. The Bertz CT molecular complexity index is 1090. The molecule has 0 fully saturated rings. The Kier molecular flexibility index (Phi) is 5.73. The Morgan fingerprint density at radius 3 is 2.55 bits per heavy atom. The molecule has 2 aromatic carbocycles. The van der Waals surface area contributed by atoms with Gasteiger partial charge < -0.3 is 5.32 Å². The quantitative estimate of drug-likeness (QED) is 0.452. The van der Waals surface area contributed by atoms with Crippen LogP contribution >= 0.6 is 23.1 Å². The number of thioether (sulfide) groups is 1. The first-order chi connectivity index (χ1) is 14.1. The average molecular weight is 422 g/mol. The highest BCUT2D eigenvalue weighted by Crippen LogP contribution is 2.30. The lowest BCUT2D eigenvalue weighted by atomic mass is 10.1. The molecule has 1 atom stereocenters. The Morgan fingerprint density at radius 2 is 1.86 bits per heavy atom. The van der Waals surface area contributed by atoms with E-state index in [9.17, 15) is 4.79 Å². The molecule has 4 rings (SSSR count). The minimum absolute atomic E-state index is 0.121. The minimum atomic E-state index is -0.364. The number of benzene rings is 2. The molecule has 6 nitrogen and oxygen atoms in total. The molecule has 1 amide bonds. The number of aromatic nitrogens is 4. The molecule has 2 aromatic heterocycles. The van der Waals surface area contributed by atoms with Crippen LogP contribution in [0.15, 0.2) is 71.3 Å². The van der Waals surface area contributed by atoms with Crippen molar-refractivity contribution in [3.63, 3.8) is 0 Å². The first-order valence-corrected chi connectivity index (χ1v) is 10.8. The van der Waals surface area contributed by atoms with Crippen molar-refractivity contribution in [1.29, 1.82) is 0 Å². The van der Waals surface area contributed by atoms with Crippen LogP contribution in [0.1, 0.15) is 12.5 Å². The maximum absolute atomic E-state index is 12.6. The van der Waals surface area contributed by atoms with E-state index in [2.05, 4.69) is 39.6 Å². The van der Waals surface area contributed by atoms with E-state index in [-0.39, 0.29) is 11.2 Å². The van der Waals surface area contributed by atoms with Crippen LogP contribution in [0.25, 0.3) is 17.1 Å². The van der Waals surface area contributed by atoms with Gasteiger partial charge in [0.15, 0.2) is 16.1 Å². The number of carbonyl (C=O) groups is 1. The standard InChI is InChI=1S/C21H19N5OS2/c1-14-8-10-16(11-9-14)18-24-25-21(26(18)17-6-4-3-5-7-17)29-15(2)19(27)23-20-22-12-13-28-20/h3-13,15H,1-2H3,(H,22,23,27). The third-order valence-electron chi connectivity index (χ3n) is 4.27. The van der Waals surface area contributed by atoms with Gasteiger partial charge >= 0.3 is 0 Å². The number of rotatable bonds is 6. The van der Waals surface area contributed by atoms with Gasteiger partial charge in [-0.25, -0.2) is 4.98 Å². The molecule has 0 saturated heterocycles. The molecule has 2 heterocycles. The molecule has 0 saturated carbocycles. The average Bonchev–Trinajstić information content (AvgIpc) is 3.39. The molecule has 146 valence electrons. The Morgan fingerprint density at radius 1 is 1.10 bits per heavy atom. The summed E-state index contributed by atoms with van der Waals surface area (Å²) in [4.78, 5) is 16.7. The highest BCUT2D eigenvalue weighted by Gasteiger charge is 2.22. The number of hydrogen-bond acceptors (Lipinski definition) is 6. The van der Waals surface area contributed by atoms with Gasteiger partial charge in [0.25, 0.3) is 0 Å². The zero-order valence-electron chi connectivity index (χ0n) is 15.9. The van der Waals surface area contributed by atoms with Crippen LogP contribution in [0.4, 0.5) is 5.13 Å². The van der Waals surface area contributed by atoms with E-state index in [1.54, 1.807) is 6.20 Å². The molecule has 0 radical (unpaired) electrons. The summed E-state index contributed by atoms with van der Waals surface area (Å²) >= 11 is 2.76. The van der Waals surface area contributed by atoms with Crippen molar-refractivity contribution < 1.29 is 4.79 Å². The maximum atomic E-state index is 12.6. The summed E-state index contributed by atoms with van der Waals surface area (Å²) in [6.45, 7) is 3.90. The van der Waals surface area contributed by atoms with Crippen LogP contribution in [0, 0.1) is 6.92 Å². The summed E-state index contributed by atoms with van der Waals surface area (Å²) in [6, 6.07) is 18.1. The number of para-hydroxylation sites is 1. The fraction of sp³-hybridized carbons (Fsp3) is 0.143. The zero-order valence-corrected chi connectivity index (χ0v) is 17.6. The van der Waals surface area contributed by atoms with E-state index < -0.39 is 0 Å². The van der Waals surface area contributed by atoms with Crippen molar-refractivity contribution in [3.8, 4) is 17.1 Å².